The average molecular weight is 416 g/mol. The second-order valence-electron chi connectivity index (χ2n) is 5.74. The Morgan fingerprint density at radius 3 is 2.46 bits per heavy atom. The maximum atomic E-state index is 12.6. The highest BCUT2D eigenvalue weighted by atomic mass is 35.5. The van der Waals surface area contributed by atoms with Crippen LogP contribution in [-0.4, -0.2) is 25.6 Å². The minimum atomic E-state index is -0.485. The van der Waals surface area contributed by atoms with Crippen LogP contribution in [0.3, 0.4) is 0 Å². The topological polar surface area (TPSA) is 64.6 Å². The van der Waals surface area contributed by atoms with Gasteiger partial charge in [0.25, 0.3) is 5.91 Å². The van der Waals surface area contributed by atoms with Crippen molar-refractivity contribution in [1.29, 1.82) is 0 Å². The molecule has 1 aromatic heterocycles. The van der Waals surface area contributed by atoms with Crippen LogP contribution in [0.25, 0.3) is 10.4 Å². The van der Waals surface area contributed by atoms with Gasteiger partial charge in [0.1, 0.15) is 10.6 Å². The van der Waals surface area contributed by atoms with Crippen molar-refractivity contribution in [2.45, 2.75) is 6.92 Å². The number of thiophene rings is 1. The number of benzene rings is 2. The number of halogens is 1. The van der Waals surface area contributed by atoms with Gasteiger partial charge in [0.2, 0.25) is 0 Å². The van der Waals surface area contributed by atoms with E-state index >= 15 is 0 Å². The Hall–Kier alpha value is -2.83. The summed E-state index contributed by atoms with van der Waals surface area (Å²) in [5.41, 5.74) is 1.62. The lowest BCUT2D eigenvalue weighted by molar-refractivity contribution is 0.0533. The number of ether oxygens (including phenoxy) is 2. The summed E-state index contributed by atoms with van der Waals surface area (Å²) in [6.07, 6.45) is 0. The number of esters is 1. The molecule has 2 aromatic carbocycles. The number of rotatable bonds is 6. The molecule has 3 rings (SSSR count). The Bertz CT molecular complexity index is 998. The van der Waals surface area contributed by atoms with Gasteiger partial charge in [-0.25, -0.2) is 4.79 Å². The van der Waals surface area contributed by atoms with Crippen molar-refractivity contribution in [3.05, 3.63) is 70.1 Å². The summed E-state index contributed by atoms with van der Waals surface area (Å²) < 4.78 is 10.3. The van der Waals surface area contributed by atoms with Gasteiger partial charge in [0.05, 0.1) is 30.0 Å². The molecule has 1 heterocycles. The van der Waals surface area contributed by atoms with Crippen molar-refractivity contribution in [2.75, 3.05) is 19.0 Å². The molecule has 3 aromatic rings. The van der Waals surface area contributed by atoms with Crippen molar-refractivity contribution < 1.29 is 19.1 Å². The second-order valence-corrected chi connectivity index (χ2v) is 7.20. The van der Waals surface area contributed by atoms with Gasteiger partial charge in [0, 0.05) is 4.88 Å². The summed E-state index contributed by atoms with van der Waals surface area (Å²) in [6.45, 7) is 1.98. The number of carbonyl (C=O) groups excluding carboxylic acids is 2. The van der Waals surface area contributed by atoms with E-state index in [1.807, 2.05) is 24.3 Å². The third-order valence-electron chi connectivity index (χ3n) is 3.93. The molecule has 0 aliphatic heterocycles. The van der Waals surface area contributed by atoms with Gasteiger partial charge in [-0.15, -0.1) is 11.3 Å². The second kappa shape index (κ2) is 8.91. The van der Waals surface area contributed by atoms with E-state index in [9.17, 15) is 9.59 Å². The fourth-order valence-electron chi connectivity index (χ4n) is 2.56. The predicted molar refractivity (Wildman–Crippen MR) is 112 cm³/mol. The van der Waals surface area contributed by atoms with Crippen LogP contribution in [0.1, 0.15) is 27.0 Å². The number of hydrogen-bond acceptors (Lipinski definition) is 5. The van der Waals surface area contributed by atoms with Crippen molar-refractivity contribution in [2.24, 2.45) is 0 Å². The van der Waals surface area contributed by atoms with Crippen LogP contribution in [0.2, 0.25) is 5.02 Å². The van der Waals surface area contributed by atoms with Crippen molar-refractivity contribution in [1.82, 2.24) is 0 Å². The van der Waals surface area contributed by atoms with E-state index < -0.39 is 11.9 Å². The highest BCUT2D eigenvalue weighted by molar-refractivity contribution is 7.18. The van der Waals surface area contributed by atoms with E-state index in [4.69, 9.17) is 21.1 Å². The molecule has 0 saturated heterocycles. The summed E-state index contributed by atoms with van der Waals surface area (Å²) in [7, 11) is 1.60. The SMILES string of the molecule is CCOC(=O)c1sc(-c2ccc(OC)cc2)cc1NC(=O)c1ccccc1Cl. The van der Waals surface area contributed by atoms with Crippen LogP contribution in [-0.2, 0) is 4.74 Å². The minimum absolute atomic E-state index is 0.243. The smallest absolute Gasteiger partial charge is 0.350 e. The zero-order valence-corrected chi connectivity index (χ0v) is 16.9. The van der Waals surface area contributed by atoms with Gasteiger partial charge in [-0.1, -0.05) is 23.7 Å². The largest absolute Gasteiger partial charge is 0.497 e. The number of nitrogens with one attached hydrogen (secondary N) is 1. The van der Waals surface area contributed by atoms with E-state index in [0.717, 1.165) is 16.2 Å². The quantitative estimate of drug-likeness (QED) is 0.539. The van der Waals surface area contributed by atoms with Crippen LogP contribution in [0, 0.1) is 0 Å². The molecule has 0 atom stereocenters. The monoisotopic (exact) mass is 415 g/mol. The maximum Gasteiger partial charge on any atom is 0.350 e. The molecule has 0 aliphatic carbocycles. The third kappa shape index (κ3) is 4.35. The molecule has 5 nitrogen and oxygen atoms in total. The lowest BCUT2D eigenvalue weighted by Gasteiger charge is -2.07. The zero-order chi connectivity index (χ0) is 20.1. The van der Waals surface area contributed by atoms with Crippen molar-refractivity contribution >= 4 is 40.5 Å². The van der Waals surface area contributed by atoms with Crippen LogP contribution >= 0.6 is 22.9 Å². The zero-order valence-electron chi connectivity index (χ0n) is 15.3. The summed E-state index contributed by atoms with van der Waals surface area (Å²) in [5.74, 6) is -0.143. The Morgan fingerprint density at radius 1 is 1.11 bits per heavy atom. The normalized spacial score (nSPS) is 10.4. The summed E-state index contributed by atoms with van der Waals surface area (Å²) in [5, 5.41) is 3.12. The Balaban J connectivity index is 1.96. The molecule has 7 heteroatoms. The van der Waals surface area contributed by atoms with E-state index in [0.29, 0.717) is 21.2 Å². The molecule has 0 unspecified atom stereocenters. The number of amides is 1. The number of hydrogen-bond donors (Lipinski definition) is 1. The van der Waals surface area contributed by atoms with E-state index in [1.165, 1.54) is 11.3 Å². The minimum Gasteiger partial charge on any atom is -0.497 e. The first-order chi connectivity index (χ1) is 13.5. The van der Waals surface area contributed by atoms with E-state index in [1.54, 1.807) is 44.4 Å². The van der Waals surface area contributed by atoms with Gasteiger partial charge in [-0.05, 0) is 55.0 Å². The van der Waals surface area contributed by atoms with Gasteiger partial charge in [0.15, 0.2) is 0 Å². The van der Waals surface area contributed by atoms with E-state index in [-0.39, 0.29) is 6.61 Å². The fraction of sp³-hybridized carbons (Fsp3) is 0.143. The number of methoxy groups -OCH3 is 1. The van der Waals surface area contributed by atoms with Gasteiger partial charge in [-0.3, -0.25) is 4.79 Å². The van der Waals surface area contributed by atoms with Crippen molar-refractivity contribution in [3.8, 4) is 16.2 Å². The first-order valence-electron chi connectivity index (χ1n) is 8.54. The lowest BCUT2D eigenvalue weighted by Crippen LogP contribution is -2.14. The molecule has 0 spiro atoms. The molecular formula is C21H18ClNO4S. The number of anilines is 1. The maximum absolute atomic E-state index is 12.6. The third-order valence-corrected chi connectivity index (χ3v) is 5.43. The lowest BCUT2D eigenvalue weighted by atomic mass is 10.1. The Labute approximate surface area is 171 Å². The molecule has 0 aliphatic rings. The Morgan fingerprint density at radius 2 is 1.82 bits per heavy atom. The van der Waals surface area contributed by atoms with Crippen LogP contribution in [0.5, 0.6) is 5.75 Å². The standard InChI is InChI=1S/C21H18ClNO4S/c1-3-27-21(25)19-17(23-20(24)15-6-4-5-7-16(15)22)12-18(28-19)13-8-10-14(26-2)11-9-13/h4-12H,3H2,1-2H3,(H,23,24). The molecule has 1 N–H and O–H groups in total. The summed E-state index contributed by atoms with van der Waals surface area (Å²) in [4.78, 5) is 26.2. The molecule has 0 radical (unpaired) electrons. The fourth-order valence-corrected chi connectivity index (χ4v) is 3.80. The highest BCUT2D eigenvalue weighted by Crippen LogP contribution is 2.36. The molecular weight excluding hydrogens is 398 g/mol. The summed E-state index contributed by atoms with van der Waals surface area (Å²) in [6, 6.07) is 15.9. The van der Waals surface area contributed by atoms with Crippen LogP contribution in [0.15, 0.2) is 54.6 Å². The molecule has 0 bridgehead atoms. The highest BCUT2D eigenvalue weighted by Gasteiger charge is 2.21. The molecule has 28 heavy (non-hydrogen) atoms. The first kappa shape index (κ1) is 19.9. The van der Waals surface area contributed by atoms with Crippen LogP contribution in [0.4, 0.5) is 5.69 Å². The average Bonchev–Trinajstić information content (AvgIpc) is 3.12. The van der Waals surface area contributed by atoms with Gasteiger partial charge >= 0.3 is 5.97 Å². The Kier molecular flexibility index (Phi) is 6.34. The molecule has 0 saturated carbocycles. The van der Waals surface area contributed by atoms with Crippen molar-refractivity contribution in [3.63, 3.8) is 0 Å². The summed E-state index contributed by atoms with van der Waals surface area (Å²) >= 11 is 7.36. The first-order valence-corrected chi connectivity index (χ1v) is 9.74. The molecule has 0 fully saturated rings. The molecule has 144 valence electrons. The van der Waals surface area contributed by atoms with E-state index in [2.05, 4.69) is 5.32 Å². The van der Waals surface area contributed by atoms with Gasteiger partial charge in [-0.2, -0.15) is 0 Å². The van der Waals surface area contributed by atoms with Crippen LogP contribution < -0.4 is 10.1 Å². The van der Waals surface area contributed by atoms with Gasteiger partial charge < -0.3 is 14.8 Å². The number of carbonyl (C=O) groups is 2. The molecule has 1 amide bonds. The predicted octanol–water partition coefficient (Wildman–Crippen LogP) is 5.51.